The van der Waals surface area contributed by atoms with Crippen molar-refractivity contribution >= 4 is 40.0 Å². The van der Waals surface area contributed by atoms with Crippen molar-refractivity contribution in [3.05, 3.63) is 28.6 Å². The van der Waals surface area contributed by atoms with E-state index in [4.69, 9.17) is 20.4 Å². The number of amides is 1. The van der Waals surface area contributed by atoms with Crippen LogP contribution < -0.4 is 11.1 Å². The molecule has 1 saturated carbocycles. The van der Waals surface area contributed by atoms with Gasteiger partial charge in [-0.3, -0.25) is 4.79 Å². The smallest absolute Gasteiger partial charge is 0.277 e. The third-order valence-electron chi connectivity index (χ3n) is 6.07. The van der Waals surface area contributed by atoms with Gasteiger partial charge in [-0.2, -0.15) is 0 Å². The van der Waals surface area contributed by atoms with Gasteiger partial charge in [0.25, 0.3) is 5.91 Å². The number of rotatable bonds is 4. The van der Waals surface area contributed by atoms with Crippen LogP contribution in [-0.2, 0) is 10.3 Å². The molecule has 2 aliphatic heterocycles. The van der Waals surface area contributed by atoms with Gasteiger partial charge in [0.05, 0.1) is 19.0 Å². The number of carbonyl (C=O) groups excluding carboxylic acids is 1. The number of carbonyl (C=O) groups is 1. The Kier molecular flexibility index (Phi) is 4.87. The van der Waals surface area contributed by atoms with E-state index in [0.29, 0.717) is 35.2 Å². The summed E-state index contributed by atoms with van der Waals surface area (Å²) in [6.45, 7) is 2.55. The van der Waals surface area contributed by atoms with Crippen LogP contribution in [0.1, 0.15) is 54.1 Å². The summed E-state index contributed by atoms with van der Waals surface area (Å²) >= 11 is 3.09. The Hall–Kier alpha value is -1.91. The second-order valence-electron chi connectivity index (χ2n) is 8.02. The van der Waals surface area contributed by atoms with Crippen molar-refractivity contribution in [1.82, 2.24) is 14.5 Å². The third-order valence-corrected chi connectivity index (χ3v) is 8.03. The number of hydrogen-bond acceptors (Lipinski definition) is 8. The maximum absolute atomic E-state index is 12.6. The SMILES string of the molecule is C[C@H]1C[C@H]2CSC(N)=NC2(c2nc(NC(=O)c3cn(C4CCC4)cn3)cs2)CO1. The summed E-state index contributed by atoms with van der Waals surface area (Å²) in [6, 6.07) is 0.479. The van der Waals surface area contributed by atoms with Crippen molar-refractivity contribution in [2.45, 2.75) is 50.3 Å². The number of ether oxygens (including phenoxy) is 1. The zero-order chi connectivity index (χ0) is 20.0. The zero-order valence-corrected chi connectivity index (χ0v) is 17.8. The van der Waals surface area contributed by atoms with Gasteiger partial charge in [0.1, 0.15) is 22.1 Å². The van der Waals surface area contributed by atoms with Crippen molar-refractivity contribution in [2.24, 2.45) is 16.6 Å². The van der Waals surface area contributed by atoms with Gasteiger partial charge < -0.3 is 20.4 Å². The standard InChI is InChI=1S/C19H24N6O2S2/c1-11-5-12-7-29-18(20)24-19(12,9-27-11)17-23-15(8-28-17)22-16(26)14-6-25(10-21-14)13-3-2-4-13/h6,8,10-13H,2-5,7,9H2,1H3,(H2,20,24)(H,22,26)/t11-,12-,19?/m0/s1. The van der Waals surface area contributed by atoms with Crippen LogP contribution in [0.2, 0.25) is 0 Å². The fourth-order valence-corrected chi connectivity index (χ4v) is 6.10. The molecule has 3 N–H and O–H groups in total. The molecule has 1 amide bonds. The first-order valence-electron chi connectivity index (χ1n) is 9.94. The number of thiazole rings is 1. The van der Waals surface area contributed by atoms with Gasteiger partial charge in [-0.05, 0) is 32.6 Å². The number of thioether (sulfide) groups is 1. The molecule has 3 aliphatic rings. The molecule has 2 aromatic rings. The molecule has 4 heterocycles. The highest BCUT2D eigenvalue weighted by atomic mass is 32.2. The van der Waals surface area contributed by atoms with E-state index in [-0.39, 0.29) is 12.0 Å². The summed E-state index contributed by atoms with van der Waals surface area (Å²) in [4.78, 5) is 26.4. The minimum atomic E-state index is -0.554. The first-order valence-corrected chi connectivity index (χ1v) is 11.8. The van der Waals surface area contributed by atoms with Crippen LogP contribution >= 0.6 is 23.1 Å². The van der Waals surface area contributed by atoms with Crippen LogP contribution in [0.4, 0.5) is 5.82 Å². The Morgan fingerprint density at radius 1 is 1.45 bits per heavy atom. The highest BCUT2D eigenvalue weighted by molar-refractivity contribution is 8.13. The minimum absolute atomic E-state index is 0.202. The Morgan fingerprint density at radius 3 is 3.10 bits per heavy atom. The first-order chi connectivity index (χ1) is 14.0. The molecule has 0 radical (unpaired) electrons. The van der Waals surface area contributed by atoms with E-state index in [2.05, 4.69) is 17.2 Å². The van der Waals surface area contributed by atoms with E-state index in [0.717, 1.165) is 30.0 Å². The molecule has 0 spiro atoms. The lowest BCUT2D eigenvalue weighted by atomic mass is 9.80. The summed E-state index contributed by atoms with van der Waals surface area (Å²) in [6.07, 6.45) is 8.23. The van der Waals surface area contributed by atoms with Gasteiger partial charge >= 0.3 is 0 Å². The molecule has 1 unspecified atom stereocenters. The number of amidine groups is 1. The number of anilines is 1. The van der Waals surface area contributed by atoms with E-state index in [1.165, 1.54) is 17.8 Å². The quantitative estimate of drug-likeness (QED) is 0.769. The number of nitrogens with zero attached hydrogens (tertiary/aromatic N) is 4. The van der Waals surface area contributed by atoms with Crippen LogP contribution in [0.3, 0.4) is 0 Å². The van der Waals surface area contributed by atoms with Crippen molar-refractivity contribution < 1.29 is 9.53 Å². The van der Waals surface area contributed by atoms with Gasteiger partial charge in [-0.1, -0.05) is 11.8 Å². The number of aromatic nitrogens is 3. The largest absolute Gasteiger partial charge is 0.379 e. The average molecular weight is 433 g/mol. The fraction of sp³-hybridized carbons (Fsp3) is 0.579. The fourth-order valence-electron chi connectivity index (χ4n) is 4.13. The Bertz CT molecular complexity index is 952. The van der Waals surface area contributed by atoms with Gasteiger partial charge in [0.15, 0.2) is 5.17 Å². The summed E-state index contributed by atoms with van der Waals surface area (Å²) in [7, 11) is 0. The van der Waals surface area contributed by atoms with Crippen LogP contribution in [0.5, 0.6) is 0 Å². The highest BCUT2D eigenvalue weighted by Crippen LogP contribution is 2.47. The second-order valence-corrected chi connectivity index (χ2v) is 9.92. The summed E-state index contributed by atoms with van der Waals surface area (Å²) in [5.74, 6) is 1.50. The molecule has 3 atom stereocenters. The van der Waals surface area contributed by atoms with Crippen LogP contribution in [0.15, 0.2) is 22.9 Å². The maximum Gasteiger partial charge on any atom is 0.277 e. The molecule has 29 heavy (non-hydrogen) atoms. The van der Waals surface area contributed by atoms with Crippen LogP contribution in [0.25, 0.3) is 0 Å². The van der Waals surface area contributed by atoms with Crippen molar-refractivity contribution in [3.63, 3.8) is 0 Å². The topological polar surface area (TPSA) is 107 Å². The lowest BCUT2D eigenvalue weighted by Gasteiger charge is -2.44. The molecular weight excluding hydrogens is 408 g/mol. The van der Waals surface area contributed by atoms with Crippen molar-refractivity contribution in [1.29, 1.82) is 0 Å². The molecule has 154 valence electrons. The van der Waals surface area contributed by atoms with E-state index in [1.807, 2.05) is 16.1 Å². The Morgan fingerprint density at radius 2 is 2.31 bits per heavy atom. The van der Waals surface area contributed by atoms with E-state index in [1.54, 1.807) is 18.1 Å². The highest BCUT2D eigenvalue weighted by Gasteiger charge is 2.49. The van der Waals surface area contributed by atoms with E-state index < -0.39 is 5.54 Å². The van der Waals surface area contributed by atoms with Gasteiger partial charge in [-0.25, -0.2) is 15.0 Å². The number of aliphatic imine (C=N–C) groups is 1. The van der Waals surface area contributed by atoms with Gasteiger partial charge in [0, 0.05) is 29.3 Å². The van der Waals surface area contributed by atoms with E-state index >= 15 is 0 Å². The second kappa shape index (κ2) is 7.41. The number of imidazole rings is 1. The number of nitrogens with one attached hydrogen (secondary N) is 1. The molecule has 1 saturated heterocycles. The molecule has 0 bridgehead atoms. The molecule has 0 aromatic carbocycles. The summed E-state index contributed by atoms with van der Waals surface area (Å²) in [5, 5.41) is 6.14. The van der Waals surface area contributed by atoms with Crippen LogP contribution in [-0.4, -0.2) is 44.1 Å². The predicted molar refractivity (Wildman–Crippen MR) is 114 cm³/mol. The molecule has 2 fully saturated rings. The summed E-state index contributed by atoms with van der Waals surface area (Å²) in [5.41, 5.74) is 5.92. The third kappa shape index (κ3) is 3.47. The number of fused-ring (bicyclic) bond motifs is 1. The molecule has 8 nitrogen and oxygen atoms in total. The number of hydrogen-bond donors (Lipinski definition) is 2. The van der Waals surface area contributed by atoms with Crippen LogP contribution in [0, 0.1) is 5.92 Å². The van der Waals surface area contributed by atoms with E-state index in [9.17, 15) is 4.79 Å². The van der Waals surface area contributed by atoms with Crippen molar-refractivity contribution in [2.75, 3.05) is 17.7 Å². The first kappa shape index (κ1) is 19.1. The molecule has 10 heteroatoms. The van der Waals surface area contributed by atoms with Crippen molar-refractivity contribution in [3.8, 4) is 0 Å². The maximum atomic E-state index is 12.6. The molecule has 2 aromatic heterocycles. The minimum Gasteiger partial charge on any atom is -0.379 e. The predicted octanol–water partition coefficient (Wildman–Crippen LogP) is 3.00. The van der Waals surface area contributed by atoms with Gasteiger partial charge in [0.2, 0.25) is 0 Å². The van der Waals surface area contributed by atoms with Gasteiger partial charge in [-0.15, -0.1) is 11.3 Å². The lowest BCUT2D eigenvalue weighted by Crippen LogP contribution is -2.49. The summed E-state index contributed by atoms with van der Waals surface area (Å²) < 4.78 is 7.98. The number of nitrogens with two attached hydrogens (primary N) is 1. The monoisotopic (exact) mass is 432 g/mol. The normalized spacial score (nSPS) is 29.6. The Balaban J connectivity index is 1.35. The molecular formula is C19H24N6O2S2. The average Bonchev–Trinajstić information content (AvgIpc) is 3.31. The lowest BCUT2D eigenvalue weighted by molar-refractivity contribution is -0.0466. The zero-order valence-electron chi connectivity index (χ0n) is 16.2. The molecule has 1 aliphatic carbocycles. The Labute approximate surface area is 177 Å². The molecule has 5 rings (SSSR count).